The van der Waals surface area contributed by atoms with Crippen molar-refractivity contribution in [3.63, 3.8) is 0 Å². The van der Waals surface area contributed by atoms with Crippen LogP contribution in [0, 0.1) is 5.82 Å². The number of ether oxygens (including phenoxy) is 1. The first-order valence-electron chi connectivity index (χ1n) is 5.99. The molecule has 4 heteroatoms. The van der Waals surface area contributed by atoms with E-state index >= 15 is 0 Å². The van der Waals surface area contributed by atoms with E-state index in [2.05, 4.69) is 0 Å². The molecule has 0 aliphatic heterocycles. The van der Waals surface area contributed by atoms with Gasteiger partial charge in [-0.15, -0.1) is 0 Å². The Bertz CT molecular complexity index is 572. The van der Waals surface area contributed by atoms with Crippen molar-refractivity contribution in [2.45, 2.75) is 19.6 Å². The van der Waals surface area contributed by atoms with Gasteiger partial charge in [0.15, 0.2) is 0 Å². The van der Waals surface area contributed by atoms with Crippen LogP contribution in [-0.2, 0) is 6.61 Å². The molecule has 19 heavy (non-hydrogen) atoms. The van der Waals surface area contributed by atoms with Gasteiger partial charge < -0.3 is 10.5 Å². The molecule has 1 atom stereocenters. The molecular formula is C15H15ClFNO. The maximum Gasteiger partial charge on any atom is 0.138 e. The maximum absolute atomic E-state index is 13.4. The molecule has 0 saturated heterocycles. The van der Waals surface area contributed by atoms with E-state index in [0.29, 0.717) is 16.3 Å². The Hall–Kier alpha value is -1.58. The van der Waals surface area contributed by atoms with Crippen LogP contribution in [0.25, 0.3) is 0 Å². The van der Waals surface area contributed by atoms with Gasteiger partial charge in [0.05, 0.1) is 5.02 Å². The van der Waals surface area contributed by atoms with E-state index in [9.17, 15) is 4.39 Å². The molecule has 0 fully saturated rings. The molecule has 2 aromatic rings. The molecule has 0 spiro atoms. The Kier molecular flexibility index (Phi) is 4.40. The summed E-state index contributed by atoms with van der Waals surface area (Å²) in [6.07, 6.45) is 0. The number of benzene rings is 2. The third-order valence-corrected chi connectivity index (χ3v) is 3.12. The van der Waals surface area contributed by atoms with Crippen LogP contribution >= 0.6 is 11.6 Å². The molecular weight excluding hydrogens is 265 g/mol. The van der Waals surface area contributed by atoms with Gasteiger partial charge in [-0.05, 0) is 30.7 Å². The highest BCUT2D eigenvalue weighted by atomic mass is 35.5. The van der Waals surface area contributed by atoms with Gasteiger partial charge in [0, 0.05) is 11.6 Å². The number of nitrogens with two attached hydrogens (primary N) is 1. The summed E-state index contributed by atoms with van der Waals surface area (Å²) in [6, 6.07) is 11.8. The quantitative estimate of drug-likeness (QED) is 0.915. The van der Waals surface area contributed by atoms with E-state index in [0.717, 1.165) is 5.56 Å². The molecule has 0 aromatic heterocycles. The van der Waals surface area contributed by atoms with E-state index in [1.807, 2.05) is 13.0 Å². The number of hydrogen-bond donors (Lipinski definition) is 1. The topological polar surface area (TPSA) is 35.2 Å². The highest BCUT2D eigenvalue weighted by Crippen LogP contribution is 2.28. The fourth-order valence-corrected chi connectivity index (χ4v) is 1.93. The summed E-state index contributed by atoms with van der Waals surface area (Å²) in [7, 11) is 0. The molecule has 2 rings (SSSR count). The lowest BCUT2D eigenvalue weighted by Crippen LogP contribution is -2.05. The van der Waals surface area contributed by atoms with Crippen molar-refractivity contribution in [3.8, 4) is 5.75 Å². The summed E-state index contributed by atoms with van der Waals surface area (Å²) in [6.45, 7) is 2.02. The van der Waals surface area contributed by atoms with Crippen molar-refractivity contribution in [1.29, 1.82) is 0 Å². The first-order chi connectivity index (χ1) is 9.08. The fraction of sp³-hybridized carbons (Fsp3) is 0.200. The Morgan fingerprint density at radius 2 is 2.00 bits per heavy atom. The van der Waals surface area contributed by atoms with Gasteiger partial charge >= 0.3 is 0 Å². The van der Waals surface area contributed by atoms with Crippen LogP contribution < -0.4 is 10.5 Å². The average Bonchev–Trinajstić information content (AvgIpc) is 2.39. The molecule has 0 amide bonds. The summed E-state index contributed by atoms with van der Waals surface area (Å²) in [5, 5.41) is 0.478. The van der Waals surface area contributed by atoms with Crippen LogP contribution in [0.5, 0.6) is 5.75 Å². The molecule has 0 heterocycles. The van der Waals surface area contributed by atoms with E-state index in [-0.39, 0.29) is 18.5 Å². The zero-order valence-corrected chi connectivity index (χ0v) is 11.3. The minimum atomic E-state index is -0.286. The molecule has 2 nitrogen and oxygen atoms in total. The maximum atomic E-state index is 13.4. The largest absolute Gasteiger partial charge is 0.487 e. The minimum absolute atomic E-state index is 0.0851. The lowest BCUT2D eigenvalue weighted by molar-refractivity contribution is 0.300. The fourth-order valence-electron chi connectivity index (χ4n) is 1.69. The molecule has 0 saturated carbocycles. The summed E-state index contributed by atoms with van der Waals surface area (Å²) in [5.41, 5.74) is 7.20. The summed E-state index contributed by atoms with van der Waals surface area (Å²) >= 11 is 6.11. The first kappa shape index (κ1) is 13.8. The lowest BCUT2D eigenvalue weighted by Gasteiger charge is -2.11. The van der Waals surface area contributed by atoms with Crippen molar-refractivity contribution in [1.82, 2.24) is 0 Å². The zero-order chi connectivity index (χ0) is 13.8. The smallest absolute Gasteiger partial charge is 0.138 e. The zero-order valence-electron chi connectivity index (χ0n) is 10.6. The molecule has 2 aromatic carbocycles. The van der Waals surface area contributed by atoms with Crippen molar-refractivity contribution in [2.75, 3.05) is 0 Å². The predicted molar refractivity (Wildman–Crippen MR) is 74.8 cm³/mol. The molecule has 2 N–H and O–H groups in total. The van der Waals surface area contributed by atoms with E-state index in [4.69, 9.17) is 22.1 Å². The Morgan fingerprint density at radius 1 is 1.26 bits per heavy atom. The van der Waals surface area contributed by atoms with Gasteiger partial charge in [-0.25, -0.2) is 4.39 Å². The Labute approximate surface area is 117 Å². The highest BCUT2D eigenvalue weighted by molar-refractivity contribution is 6.32. The van der Waals surface area contributed by atoms with Crippen molar-refractivity contribution in [3.05, 3.63) is 64.4 Å². The van der Waals surface area contributed by atoms with Crippen LogP contribution in [0.3, 0.4) is 0 Å². The molecule has 100 valence electrons. The van der Waals surface area contributed by atoms with E-state index in [1.165, 1.54) is 6.07 Å². The van der Waals surface area contributed by atoms with Crippen LogP contribution in [0.4, 0.5) is 4.39 Å². The SMILES string of the molecule is C[C@@H](N)c1ccc(OCc2ccccc2F)c(Cl)c1. The average molecular weight is 280 g/mol. The summed E-state index contributed by atoms with van der Waals surface area (Å²) < 4.78 is 19.0. The second-order valence-electron chi connectivity index (χ2n) is 4.36. The molecule has 0 aliphatic rings. The minimum Gasteiger partial charge on any atom is -0.487 e. The van der Waals surface area contributed by atoms with Crippen LogP contribution in [0.2, 0.25) is 5.02 Å². The molecule has 0 unspecified atom stereocenters. The van der Waals surface area contributed by atoms with Crippen LogP contribution in [0.1, 0.15) is 24.1 Å². The summed E-state index contributed by atoms with van der Waals surface area (Å²) in [5.74, 6) is 0.236. The summed E-state index contributed by atoms with van der Waals surface area (Å²) in [4.78, 5) is 0. The lowest BCUT2D eigenvalue weighted by atomic mass is 10.1. The van der Waals surface area contributed by atoms with Crippen LogP contribution in [0.15, 0.2) is 42.5 Å². The second kappa shape index (κ2) is 6.04. The van der Waals surface area contributed by atoms with Gasteiger partial charge in [-0.1, -0.05) is 35.9 Å². The number of halogens is 2. The second-order valence-corrected chi connectivity index (χ2v) is 4.77. The Balaban J connectivity index is 2.10. The Morgan fingerprint density at radius 3 is 2.63 bits per heavy atom. The number of hydrogen-bond acceptors (Lipinski definition) is 2. The monoisotopic (exact) mass is 279 g/mol. The van der Waals surface area contributed by atoms with Crippen LogP contribution in [-0.4, -0.2) is 0 Å². The molecule has 0 radical (unpaired) electrons. The van der Waals surface area contributed by atoms with Crippen molar-refractivity contribution >= 4 is 11.6 Å². The van der Waals surface area contributed by atoms with Crippen molar-refractivity contribution < 1.29 is 9.13 Å². The third kappa shape index (κ3) is 3.46. The number of rotatable bonds is 4. The van der Waals surface area contributed by atoms with Crippen molar-refractivity contribution in [2.24, 2.45) is 5.73 Å². The predicted octanol–water partition coefficient (Wildman–Crippen LogP) is 4.08. The first-order valence-corrected chi connectivity index (χ1v) is 6.37. The van der Waals surface area contributed by atoms with Gasteiger partial charge in [0.2, 0.25) is 0 Å². The van der Waals surface area contributed by atoms with Gasteiger partial charge in [0.25, 0.3) is 0 Å². The normalized spacial score (nSPS) is 12.2. The highest BCUT2D eigenvalue weighted by Gasteiger charge is 2.07. The van der Waals surface area contributed by atoms with Gasteiger partial charge in [0.1, 0.15) is 18.2 Å². The molecule has 0 aliphatic carbocycles. The van der Waals surface area contributed by atoms with Gasteiger partial charge in [-0.2, -0.15) is 0 Å². The van der Waals surface area contributed by atoms with E-state index < -0.39 is 0 Å². The van der Waals surface area contributed by atoms with E-state index in [1.54, 1.807) is 30.3 Å². The standard InChI is InChI=1S/C15H15ClFNO/c1-10(18)11-6-7-15(13(16)8-11)19-9-12-4-2-3-5-14(12)17/h2-8,10H,9,18H2,1H3/t10-/m1/s1. The van der Waals surface area contributed by atoms with Gasteiger partial charge in [-0.3, -0.25) is 0 Å². The molecule has 0 bridgehead atoms. The third-order valence-electron chi connectivity index (χ3n) is 2.82.